The van der Waals surface area contributed by atoms with Crippen molar-refractivity contribution in [2.45, 2.75) is 18.9 Å². The van der Waals surface area contributed by atoms with E-state index in [9.17, 15) is 4.79 Å². The molecule has 16 heavy (non-hydrogen) atoms. The molecule has 3 N–H and O–H groups in total. The highest BCUT2D eigenvalue weighted by Gasteiger charge is 2.15. The summed E-state index contributed by atoms with van der Waals surface area (Å²) in [6.07, 6.45) is 2.23. The average molecular weight is 222 g/mol. The molecule has 2 rings (SSSR count). The lowest BCUT2D eigenvalue weighted by Gasteiger charge is -2.22. The molecule has 1 saturated heterocycles. The molecule has 0 aromatic carbocycles. The second kappa shape index (κ2) is 4.89. The molecule has 6 heteroatoms. The average Bonchev–Trinajstić information content (AvgIpc) is 2.31. The van der Waals surface area contributed by atoms with Gasteiger partial charge in [-0.05, 0) is 25.5 Å². The van der Waals surface area contributed by atoms with Crippen LogP contribution in [0.2, 0.25) is 0 Å². The second-order valence-corrected chi connectivity index (χ2v) is 3.71. The summed E-state index contributed by atoms with van der Waals surface area (Å²) in [5.41, 5.74) is 5.20. The molecular formula is C10H14N4O2. The summed E-state index contributed by atoms with van der Waals surface area (Å²) in [5, 5.41) is 10.7. The van der Waals surface area contributed by atoms with Crippen molar-refractivity contribution in [3.63, 3.8) is 0 Å². The van der Waals surface area contributed by atoms with Crippen molar-refractivity contribution in [3.8, 4) is 5.88 Å². The van der Waals surface area contributed by atoms with E-state index in [0.29, 0.717) is 5.88 Å². The summed E-state index contributed by atoms with van der Waals surface area (Å²) in [4.78, 5) is 10.8. The first-order valence-electron chi connectivity index (χ1n) is 5.26. The fraction of sp³-hybridized carbons (Fsp3) is 0.500. The highest BCUT2D eigenvalue weighted by atomic mass is 16.5. The summed E-state index contributed by atoms with van der Waals surface area (Å²) in [7, 11) is 0. The van der Waals surface area contributed by atoms with Gasteiger partial charge in [-0.15, -0.1) is 10.2 Å². The van der Waals surface area contributed by atoms with E-state index in [1.807, 2.05) is 0 Å². The minimum Gasteiger partial charge on any atom is -0.472 e. The van der Waals surface area contributed by atoms with Crippen molar-refractivity contribution in [1.82, 2.24) is 15.5 Å². The third kappa shape index (κ3) is 2.66. The highest BCUT2D eigenvalue weighted by molar-refractivity contribution is 5.90. The Hall–Kier alpha value is -1.69. The molecule has 2 heterocycles. The van der Waals surface area contributed by atoms with Gasteiger partial charge in [-0.2, -0.15) is 0 Å². The van der Waals surface area contributed by atoms with Gasteiger partial charge in [-0.25, -0.2) is 0 Å². The van der Waals surface area contributed by atoms with Crippen molar-refractivity contribution >= 4 is 5.91 Å². The standard InChI is InChI=1S/C10H14N4O2/c11-10(15)8-3-4-9(14-13-8)16-7-2-1-5-12-6-7/h3-4,7,12H,1-2,5-6H2,(H2,11,15). The van der Waals surface area contributed by atoms with Crippen LogP contribution in [0.5, 0.6) is 5.88 Å². The molecule has 1 aliphatic heterocycles. The zero-order chi connectivity index (χ0) is 11.4. The minimum absolute atomic E-state index is 0.127. The van der Waals surface area contributed by atoms with E-state index in [2.05, 4.69) is 15.5 Å². The first-order chi connectivity index (χ1) is 7.75. The number of nitrogens with one attached hydrogen (secondary N) is 1. The van der Waals surface area contributed by atoms with Gasteiger partial charge in [0.2, 0.25) is 5.88 Å². The van der Waals surface area contributed by atoms with E-state index in [4.69, 9.17) is 10.5 Å². The van der Waals surface area contributed by atoms with Gasteiger partial charge in [-0.3, -0.25) is 4.79 Å². The summed E-state index contributed by atoms with van der Waals surface area (Å²) < 4.78 is 5.60. The highest BCUT2D eigenvalue weighted by Crippen LogP contribution is 2.11. The molecule has 6 nitrogen and oxygen atoms in total. The number of rotatable bonds is 3. The number of hydrogen-bond donors (Lipinski definition) is 2. The zero-order valence-corrected chi connectivity index (χ0v) is 8.85. The van der Waals surface area contributed by atoms with Crippen molar-refractivity contribution in [2.24, 2.45) is 5.73 Å². The summed E-state index contributed by atoms with van der Waals surface area (Å²) in [6.45, 7) is 1.85. The molecule has 1 aromatic rings. The van der Waals surface area contributed by atoms with Gasteiger partial charge in [-0.1, -0.05) is 0 Å². The van der Waals surface area contributed by atoms with E-state index in [1.54, 1.807) is 6.07 Å². The molecule has 0 aliphatic carbocycles. The van der Waals surface area contributed by atoms with Gasteiger partial charge < -0.3 is 15.8 Å². The van der Waals surface area contributed by atoms with Gasteiger partial charge in [0.05, 0.1) is 0 Å². The van der Waals surface area contributed by atoms with Gasteiger partial charge in [0.15, 0.2) is 5.69 Å². The Kier molecular flexibility index (Phi) is 3.31. The molecule has 1 unspecified atom stereocenters. The molecule has 86 valence electrons. The molecule has 1 aliphatic rings. The number of hydrogen-bond acceptors (Lipinski definition) is 5. The quantitative estimate of drug-likeness (QED) is 0.733. The smallest absolute Gasteiger partial charge is 0.269 e. The number of nitrogens with two attached hydrogens (primary N) is 1. The van der Waals surface area contributed by atoms with Crippen LogP contribution in [0.15, 0.2) is 12.1 Å². The Morgan fingerprint density at radius 3 is 2.94 bits per heavy atom. The molecule has 1 aromatic heterocycles. The van der Waals surface area contributed by atoms with Gasteiger partial charge >= 0.3 is 0 Å². The summed E-state index contributed by atoms with van der Waals surface area (Å²) in [6, 6.07) is 3.13. The van der Waals surface area contributed by atoms with Crippen LogP contribution in [0, 0.1) is 0 Å². The number of carbonyl (C=O) groups is 1. The number of piperidine rings is 1. The van der Waals surface area contributed by atoms with Crippen LogP contribution in [0.25, 0.3) is 0 Å². The van der Waals surface area contributed by atoms with E-state index >= 15 is 0 Å². The van der Waals surface area contributed by atoms with Crippen LogP contribution >= 0.6 is 0 Å². The van der Waals surface area contributed by atoms with Gasteiger partial charge in [0, 0.05) is 12.6 Å². The molecule has 0 bridgehead atoms. The van der Waals surface area contributed by atoms with E-state index in [1.165, 1.54) is 6.07 Å². The van der Waals surface area contributed by atoms with Crippen LogP contribution in [0.4, 0.5) is 0 Å². The van der Waals surface area contributed by atoms with Crippen LogP contribution in [0.3, 0.4) is 0 Å². The predicted molar refractivity (Wildman–Crippen MR) is 57.1 cm³/mol. The normalized spacial score (nSPS) is 20.4. The second-order valence-electron chi connectivity index (χ2n) is 3.71. The Morgan fingerprint density at radius 1 is 1.50 bits per heavy atom. The maximum absolute atomic E-state index is 10.8. The lowest BCUT2D eigenvalue weighted by Crippen LogP contribution is -2.37. The third-order valence-electron chi connectivity index (χ3n) is 2.43. The zero-order valence-electron chi connectivity index (χ0n) is 8.85. The van der Waals surface area contributed by atoms with Crippen molar-refractivity contribution in [1.29, 1.82) is 0 Å². The lowest BCUT2D eigenvalue weighted by molar-refractivity contribution is 0.0994. The van der Waals surface area contributed by atoms with Crippen LogP contribution < -0.4 is 15.8 Å². The van der Waals surface area contributed by atoms with Crippen molar-refractivity contribution in [3.05, 3.63) is 17.8 Å². The third-order valence-corrected chi connectivity index (χ3v) is 2.43. The number of nitrogens with zero attached hydrogens (tertiary/aromatic N) is 2. The number of carbonyl (C=O) groups excluding carboxylic acids is 1. The van der Waals surface area contributed by atoms with E-state index < -0.39 is 5.91 Å². The largest absolute Gasteiger partial charge is 0.472 e. The molecular weight excluding hydrogens is 208 g/mol. The topological polar surface area (TPSA) is 90.1 Å². The van der Waals surface area contributed by atoms with Crippen molar-refractivity contribution in [2.75, 3.05) is 13.1 Å². The van der Waals surface area contributed by atoms with E-state index in [0.717, 1.165) is 25.9 Å². The molecule has 1 fully saturated rings. The molecule has 1 amide bonds. The van der Waals surface area contributed by atoms with Crippen LogP contribution in [-0.2, 0) is 0 Å². The maximum Gasteiger partial charge on any atom is 0.269 e. The first-order valence-corrected chi connectivity index (χ1v) is 5.26. The number of amides is 1. The molecule has 0 saturated carbocycles. The lowest BCUT2D eigenvalue weighted by atomic mass is 10.1. The summed E-state index contributed by atoms with van der Waals surface area (Å²) >= 11 is 0. The predicted octanol–water partition coefficient (Wildman–Crippen LogP) is -0.294. The Balaban J connectivity index is 1.96. The van der Waals surface area contributed by atoms with Gasteiger partial charge in [0.1, 0.15) is 6.10 Å². The maximum atomic E-state index is 10.8. The molecule has 1 atom stereocenters. The van der Waals surface area contributed by atoms with Crippen LogP contribution in [0.1, 0.15) is 23.3 Å². The fourth-order valence-electron chi connectivity index (χ4n) is 1.61. The van der Waals surface area contributed by atoms with Crippen molar-refractivity contribution < 1.29 is 9.53 Å². The Morgan fingerprint density at radius 2 is 2.38 bits per heavy atom. The number of primary amides is 1. The number of ether oxygens (including phenoxy) is 1. The summed E-state index contributed by atoms with van der Waals surface area (Å²) in [5.74, 6) is -0.155. The number of aromatic nitrogens is 2. The Labute approximate surface area is 93.2 Å². The SMILES string of the molecule is NC(=O)c1ccc(OC2CCCNC2)nn1. The fourth-order valence-corrected chi connectivity index (χ4v) is 1.61. The van der Waals surface area contributed by atoms with Gasteiger partial charge in [0.25, 0.3) is 5.91 Å². The minimum atomic E-state index is -0.585. The monoisotopic (exact) mass is 222 g/mol. The Bertz CT molecular complexity index is 360. The molecule has 0 radical (unpaired) electrons. The van der Waals surface area contributed by atoms with Crippen LogP contribution in [-0.4, -0.2) is 35.3 Å². The first kappa shape index (κ1) is 10.8. The van der Waals surface area contributed by atoms with E-state index in [-0.39, 0.29) is 11.8 Å². The molecule has 0 spiro atoms.